The summed E-state index contributed by atoms with van der Waals surface area (Å²) in [5, 5.41) is 3.63. The van der Waals surface area contributed by atoms with Crippen molar-refractivity contribution in [3.05, 3.63) is 36.0 Å². The number of aromatic nitrogens is 1. The number of hydrogen-bond acceptors (Lipinski definition) is 4. The third kappa shape index (κ3) is 2.82. The number of nitrogens with one attached hydrogen (secondary N) is 1. The van der Waals surface area contributed by atoms with Crippen molar-refractivity contribution in [3.8, 4) is 5.75 Å². The van der Waals surface area contributed by atoms with Gasteiger partial charge < -0.3 is 15.8 Å². The summed E-state index contributed by atoms with van der Waals surface area (Å²) in [6.45, 7) is 1.13. The lowest BCUT2D eigenvalue weighted by molar-refractivity contribution is 0.0955. The summed E-state index contributed by atoms with van der Waals surface area (Å²) in [4.78, 5) is 16.4. The van der Waals surface area contributed by atoms with Gasteiger partial charge in [0, 0.05) is 23.7 Å². The van der Waals surface area contributed by atoms with Gasteiger partial charge in [-0.15, -0.1) is 0 Å². The van der Waals surface area contributed by atoms with Crippen LogP contribution < -0.4 is 15.8 Å². The minimum atomic E-state index is -0.117. The third-order valence-electron chi connectivity index (χ3n) is 2.86. The summed E-state index contributed by atoms with van der Waals surface area (Å²) in [7, 11) is 1.59. The Morgan fingerprint density at radius 2 is 2.26 bits per heavy atom. The molecule has 1 heterocycles. The molecule has 0 aliphatic rings. The van der Waals surface area contributed by atoms with E-state index in [1.807, 2.05) is 6.07 Å². The van der Waals surface area contributed by atoms with Crippen LogP contribution in [0.25, 0.3) is 10.9 Å². The van der Waals surface area contributed by atoms with E-state index in [4.69, 9.17) is 10.5 Å². The van der Waals surface area contributed by atoms with Gasteiger partial charge in [-0.25, -0.2) is 0 Å². The smallest absolute Gasteiger partial charge is 0.251 e. The molecule has 0 saturated carbocycles. The SMILES string of the molecule is COc1ccc(C(=O)NCCCN)c2cccnc12. The molecule has 2 rings (SSSR count). The monoisotopic (exact) mass is 259 g/mol. The molecule has 5 nitrogen and oxygen atoms in total. The molecule has 1 aromatic heterocycles. The van der Waals surface area contributed by atoms with Crippen molar-refractivity contribution in [1.82, 2.24) is 10.3 Å². The van der Waals surface area contributed by atoms with Crippen molar-refractivity contribution in [3.63, 3.8) is 0 Å². The van der Waals surface area contributed by atoms with Crippen LogP contribution in [-0.4, -0.2) is 31.1 Å². The first kappa shape index (κ1) is 13.3. The van der Waals surface area contributed by atoms with Gasteiger partial charge in [-0.1, -0.05) is 6.07 Å². The number of fused-ring (bicyclic) bond motifs is 1. The zero-order chi connectivity index (χ0) is 13.7. The van der Waals surface area contributed by atoms with Gasteiger partial charge in [-0.3, -0.25) is 9.78 Å². The average Bonchev–Trinajstić information content (AvgIpc) is 2.46. The molecule has 0 radical (unpaired) electrons. The van der Waals surface area contributed by atoms with Crippen LogP contribution in [0, 0.1) is 0 Å². The predicted molar refractivity (Wildman–Crippen MR) is 74.3 cm³/mol. The van der Waals surface area contributed by atoms with Crippen LogP contribution in [0.5, 0.6) is 5.75 Å². The number of amides is 1. The van der Waals surface area contributed by atoms with Crippen LogP contribution in [0.2, 0.25) is 0 Å². The maximum absolute atomic E-state index is 12.1. The van der Waals surface area contributed by atoms with Crippen LogP contribution in [0.15, 0.2) is 30.5 Å². The van der Waals surface area contributed by atoms with E-state index < -0.39 is 0 Å². The second kappa shape index (κ2) is 6.15. The van der Waals surface area contributed by atoms with Gasteiger partial charge in [-0.05, 0) is 31.2 Å². The molecule has 0 bridgehead atoms. The van der Waals surface area contributed by atoms with Crippen molar-refractivity contribution in [1.29, 1.82) is 0 Å². The zero-order valence-corrected chi connectivity index (χ0v) is 10.8. The minimum absolute atomic E-state index is 0.117. The number of nitrogens with zero attached hydrogens (tertiary/aromatic N) is 1. The molecule has 100 valence electrons. The van der Waals surface area contributed by atoms with Gasteiger partial charge in [-0.2, -0.15) is 0 Å². The first-order valence-electron chi connectivity index (χ1n) is 6.18. The fraction of sp³-hybridized carbons (Fsp3) is 0.286. The van der Waals surface area contributed by atoms with Crippen LogP contribution in [0.4, 0.5) is 0 Å². The highest BCUT2D eigenvalue weighted by Crippen LogP contribution is 2.26. The minimum Gasteiger partial charge on any atom is -0.494 e. The summed E-state index contributed by atoms with van der Waals surface area (Å²) < 4.78 is 5.25. The van der Waals surface area contributed by atoms with Crippen LogP contribution >= 0.6 is 0 Å². The van der Waals surface area contributed by atoms with E-state index in [2.05, 4.69) is 10.3 Å². The Hall–Kier alpha value is -2.14. The lowest BCUT2D eigenvalue weighted by atomic mass is 10.1. The lowest BCUT2D eigenvalue weighted by Gasteiger charge is -2.09. The van der Waals surface area contributed by atoms with Crippen molar-refractivity contribution in [2.24, 2.45) is 5.73 Å². The molecule has 0 atom stereocenters. The molecular formula is C14H17N3O2. The number of hydrogen-bond donors (Lipinski definition) is 2. The molecule has 1 amide bonds. The number of benzene rings is 1. The van der Waals surface area contributed by atoms with Crippen molar-refractivity contribution in [2.75, 3.05) is 20.2 Å². The number of carbonyl (C=O) groups excluding carboxylic acids is 1. The number of pyridine rings is 1. The van der Waals surface area contributed by atoms with E-state index in [1.54, 1.807) is 31.5 Å². The second-order valence-corrected chi connectivity index (χ2v) is 4.11. The molecule has 0 fully saturated rings. The fourth-order valence-electron chi connectivity index (χ4n) is 1.91. The molecular weight excluding hydrogens is 242 g/mol. The Labute approximate surface area is 111 Å². The first-order chi connectivity index (χ1) is 9.27. The molecule has 5 heteroatoms. The predicted octanol–water partition coefficient (Wildman–Crippen LogP) is 1.32. The quantitative estimate of drug-likeness (QED) is 0.794. The highest BCUT2D eigenvalue weighted by atomic mass is 16.5. The molecule has 0 saturated heterocycles. The summed E-state index contributed by atoms with van der Waals surface area (Å²) in [6, 6.07) is 7.18. The molecule has 0 spiro atoms. The Morgan fingerprint density at radius 3 is 3.00 bits per heavy atom. The van der Waals surface area contributed by atoms with E-state index in [0.29, 0.717) is 29.9 Å². The van der Waals surface area contributed by atoms with E-state index in [9.17, 15) is 4.79 Å². The Bertz CT molecular complexity index is 584. The highest BCUT2D eigenvalue weighted by Gasteiger charge is 2.12. The largest absolute Gasteiger partial charge is 0.494 e. The third-order valence-corrected chi connectivity index (χ3v) is 2.86. The topological polar surface area (TPSA) is 77.2 Å². The maximum atomic E-state index is 12.1. The number of carbonyl (C=O) groups is 1. The van der Waals surface area contributed by atoms with Crippen LogP contribution in [-0.2, 0) is 0 Å². The summed E-state index contributed by atoms with van der Waals surface area (Å²) in [5.41, 5.74) is 6.69. The maximum Gasteiger partial charge on any atom is 0.251 e. The number of methoxy groups -OCH3 is 1. The Kier molecular flexibility index (Phi) is 4.30. The van der Waals surface area contributed by atoms with Gasteiger partial charge in [0.25, 0.3) is 5.91 Å². The fourth-order valence-corrected chi connectivity index (χ4v) is 1.91. The van der Waals surface area contributed by atoms with Crippen molar-refractivity contribution < 1.29 is 9.53 Å². The van der Waals surface area contributed by atoms with Gasteiger partial charge in [0.15, 0.2) is 0 Å². The number of rotatable bonds is 5. The summed E-state index contributed by atoms with van der Waals surface area (Å²) >= 11 is 0. The van der Waals surface area contributed by atoms with E-state index >= 15 is 0 Å². The van der Waals surface area contributed by atoms with Gasteiger partial charge in [0.1, 0.15) is 11.3 Å². The molecule has 0 aliphatic carbocycles. The van der Waals surface area contributed by atoms with E-state index in [0.717, 1.165) is 11.8 Å². The van der Waals surface area contributed by atoms with Crippen molar-refractivity contribution in [2.45, 2.75) is 6.42 Å². The lowest BCUT2D eigenvalue weighted by Crippen LogP contribution is -2.26. The molecule has 3 N–H and O–H groups in total. The van der Waals surface area contributed by atoms with Gasteiger partial charge in [0.2, 0.25) is 0 Å². The molecule has 0 aliphatic heterocycles. The Morgan fingerprint density at radius 1 is 1.42 bits per heavy atom. The van der Waals surface area contributed by atoms with Gasteiger partial charge >= 0.3 is 0 Å². The second-order valence-electron chi connectivity index (χ2n) is 4.11. The number of ether oxygens (including phenoxy) is 1. The van der Waals surface area contributed by atoms with Crippen LogP contribution in [0.1, 0.15) is 16.8 Å². The average molecular weight is 259 g/mol. The number of nitrogens with two attached hydrogens (primary N) is 1. The van der Waals surface area contributed by atoms with Crippen LogP contribution in [0.3, 0.4) is 0 Å². The van der Waals surface area contributed by atoms with E-state index in [1.165, 1.54) is 0 Å². The summed E-state index contributed by atoms with van der Waals surface area (Å²) in [5.74, 6) is 0.545. The zero-order valence-electron chi connectivity index (χ0n) is 10.8. The van der Waals surface area contributed by atoms with Crippen molar-refractivity contribution >= 4 is 16.8 Å². The summed E-state index contributed by atoms with van der Waals surface area (Å²) in [6.07, 6.45) is 2.44. The van der Waals surface area contributed by atoms with Gasteiger partial charge in [0.05, 0.1) is 7.11 Å². The highest BCUT2D eigenvalue weighted by molar-refractivity contribution is 6.07. The molecule has 19 heavy (non-hydrogen) atoms. The van der Waals surface area contributed by atoms with E-state index in [-0.39, 0.29) is 5.91 Å². The normalized spacial score (nSPS) is 10.4. The molecule has 2 aromatic rings. The first-order valence-corrected chi connectivity index (χ1v) is 6.18. The molecule has 1 aromatic carbocycles. The molecule has 0 unspecified atom stereocenters. The standard InChI is InChI=1S/C14H17N3O2/c1-19-12-6-5-11(14(18)17-9-3-7-15)10-4-2-8-16-13(10)12/h2,4-6,8H,3,7,9,15H2,1H3,(H,17,18). The Balaban J connectivity index is 2.36.